The summed E-state index contributed by atoms with van der Waals surface area (Å²) < 4.78 is 0. The van der Waals surface area contributed by atoms with Crippen LogP contribution in [0.2, 0.25) is 0 Å². The molecule has 3 nitrogen and oxygen atoms in total. The van der Waals surface area contributed by atoms with E-state index in [1.807, 2.05) is 18.4 Å². The van der Waals surface area contributed by atoms with E-state index in [1.165, 1.54) is 20.8 Å². The summed E-state index contributed by atoms with van der Waals surface area (Å²) in [5, 5.41) is 19.6. The van der Waals surface area contributed by atoms with E-state index in [-0.39, 0.29) is 0 Å². The van der Waals surface area contributed by atoms with E-state index in [1.54, 1.807) is 23.9 Å². The van der Waals surface area contributed by atoms with Crippen molar-refractivity contribution in [1.82, 2.24) is 0 Å². The lowest BCUT2D eigenvalue weighted by molar-refractivity contribution is -0.164. The quantitative estimate of drug-likeness (QED) is 0.811. The van der Waals surface area contributed by atoms with Gasteiger partial charge < -0.3 is 10.2 Å². The fourth-order valence-electron chi connectivity index (χ4n) is 1.48. The van der Waals surface area contributed by atoms with E-state index in [0.29, 0.717) is 5.56 Å². The van der Waals surface area contributed by atoms with Gasteiger partial charge in [-0.1, -0.05) is 12.1 Å². The second kappa shape index (κ2) is 4.70. The molecule has 0 aliphatic carbocycles. The third kappa shape index (κ3) is 2.48. The van der Waals surface area contributed by atoms with Crippen molar-refractivity contribution in [3.63, 3.8) is 0 Å². The summed E-state index contributed by atoms with van der Waals surface area (Å²) in [6.45, 7) is 4.59. The number of rotatable bonds is 4. The van der Waals surface area contributed by atoms with Crippen LogP contribution in [0.5, 0.6) is 0 Å². The van der Waals surface area contributed by atoms with Crippen molar-refractivity contribution < 1.29 is 15.0 Å². The Morgan fingerprint density at radius 1 is 1.18 bits per heavy atom. The average molecular weight is 254 g/mol. The van der Waals surface area contributed by atoms with Crippen LogP contribution in [-0.4, -0.2) is 22.4 Å². The van der Waals surface area contributed by atoms with Gasteiger partial charge >= 0.3 is 5.97 Å². The van der Waals surface area contributed by atoms with Crippen molar-refractivity contribution in [2.24, 2.45) is 5.41 Å². The van der Waals surface area contributed by atoms with Gasteiger partial charge in [-0.15, -0.1) is 11.8 Å². The molecule has 0 radical (unpaired) electrons. The molecule has 0 aliphatic heterocycles. The molecule has 17 heavy (non-hydrogen) atoms. The highest BCUT2D eigenvalue weighted by Gasteiger charge is 2.46. The maximum atomic E-state index is 11.2. The molecule has 0 bridgehead atoms. The average Bonchev–Trinajstić information content (AvgIpc) is 2.28. The van der Waals surface area contributed by atoms with Gasteiger partial charge in [0.2, 0.25) is 0 Å². The zero-order valence-electron chi connectivity index (χ0n) is 10.5. The molecule has 0 aromatic heterocycles. The molecule has 0 aliphatic rings. The molecule has 1 aromatic carbocycles. The van der Waals surface area contributed by atoms with Crippen LogP contribution in [0.3, 0.4) is 0 Å². The predicted molar refractivity (Wildman–Crippen MR) is 69.2 cm³/mol. The first-order chi connectivity index (χ1) is 7.73. The highest BCUT2D eigenvalue weighted by Crippen LogP contribution is 2.39. The zero-order valence-corrected chi connectivity index (χ0v) is 11.3. The van der Waals surface area contributed by atoms with Crippen molar-refractivity contribution >= 4 is 17.7 Å². The fourth-order valence-corrected chi connectivity index (χ4v) is 1.89. The molecule has 0 saturated heterocycles. The standard InChI is InChI=1S/C13H18O3S/c1-12(2,11(14)15)13(3,16)9-5-7-10(17-4)8-6-9/h5-8,16H,1-4H3,(H,14,15). The third-order valence-corrected chi connectivity index (χ3v) is 4.15. The second-order valence-corrected chi connectivity index (χ2v) is 5.61. The van der Waals surface area contributed by atoms with Gasteiger partial charge in [-0.3, -0.25) is 4.79 Å². The van der Waals surface area contributed by atoms with E-state index in [0.717, 1.165) is 4.90 Å². The maximum Gasteiger partial charge on any atom is 0.312 e. The van der Waals surface area contributed by atoms with E-state index >= 15 is 0 Å². The number of aliphatic carboxylic acids is 1. The topological polar surface area (TPSA) is 57.5 Å². The van der Waals surface area contributed by atoms with Gasteiger partial charge in [-0.05, 0) is 44.7 Å². The van der Waals surface area contributed by atoms with E-state index in [9.17, 15) is 15.0 Å². The van der Waals surface area contributed by atoms with Crippen molar-refractivity contribution in [2.45, 2.75) is 31.3 Å². The number of benzene rings is 1. The van der Waals surface area contributed by atoms with E-state index < -0.39 is 17.0 Å². The molecule has 1 rings (SSSR count). The Labute approximate surface area is 106 Å². The highest BCUT2D eigenvalue weighted by molar-refractivity contribution is 7.98. The Hall–Kier alpha value is -1.00. The van der Waals surface area contributed by atoms with Crippen LogP contribution in [0.4, 0.5) is 0 Å². The summed E-state index contributed by atoms with van der Waals surface area (Å²) in [5.41, 5.74) is -2.04. The molecule has 2 N–H and O–H groups in total. The van der Waals surface area contributed by atoms with Crippen LogP contribution >= 0.6 is 11.8 Å². The number of aliphatic hydroxyl groups is 1. The van der Waals surface area contributed by atoms with Gasteiger partial charge in [0.1, 0.15) is 5.60 Å². The monoisotopic (exact) mass is 254 g/mol. The molecule has 0 heterocycles. The first-order valence-corrected chi connectivity index (χ1v) is 6.56. The Bertz CT molecular complexity index is 407. The normalized spacial score (nSPS) is 15.4. The molecule has 1 unspecified atom stereocenters. The molecular formula is C13H18O3S. The lowest BCUT2D eigenvalue weighted by Gasteiger charge is -2.37. The number of carboxylic acid groups (broad SMARTS) is 1. The number of hydrogen-bond donors (Lipinski definition) is 2. The molecule has 0 fully saturated rings. The first-order valence-electron chi connectivity index (χ1n) is 5.34. The summed E-state index contributed by atoms with van der Waals surface area (Å²) in [6.07, 6.45) is 1.97. The first kappa shape index (κ1) is 14.1. The van der Waals surface area contributed by atoms with Crippen molar-refractivity contribution in [3.8, 4) is 0 Å². The minimum atomic E-state index is -1.41. The Kier molecular flexibility index (Phi) is 3.89. The molecule has 0 saturated carbocycles. The van der Waals surface area contributed by atoms with Crippen LogP contribution in [0.15, 0.2) is 29.2 Å². The van der Waals surface area contributed by atoms with E-state index in [2.05, 4.69) is 0 Å². The fraction of sp³-hybridized carbons (Fsp3) is 0.462. The third-order valence-electron chi connectivity index (χ3n) is 3.40. The van der Waals surface area contributed by atoms with Crippen LogP contribution in [-0.2, 0) is 10.4 Å². The Morgan fingerprint density at radius 3 is 2.00 bits per heavy atom. The largest absolute Gasteiger partial charge is 0.481 e. The van der Waals surface area contributed by atoms with Gasteiger partial charge in [-0.25, -0.2) is 0 Å². The summed E-state index contributed by atoms with van der Waals surface area (Å²) in [5.74, 6) is -1.02. The van der Waals surface area contributed by atoms with Crippen LogP contribution in [0, 0.1) is 5.41 Å². The lowest BCUT2D eigenvalue weighted by Crippen LogP contribution is -2.44. The van der Waals surface area contributed by atoms with Crippen LogP contribution in [0.1, 0.15) is 26.3 Å². The van der Waals surface area contributed by atoms with Gasteiger partial charge in [-0.2, -0.15) is 0 Å². The Morgan fingerprint density at radius 2 is 1.65 bits per heavy atom. The van der Waals surface area contributed by atoms with Crippen molar-refractivity contribution in [1.29, 1.82) is 0 Å². The molecule has 94 valence electrons. The van der Waals surface area contributed by atoms with Crippen molar-refractivity contribution in [2.75, 3.05) is 6.26 Å². The predicted octanol–water partition coefficient (Wildman–Crippen LogP) is 2.73. The minimum absolute atomic E-state index is 0.614. The summed E-state index contributed by atoms with van der Waals surface area (Å²) >= 11 is 1.60. The van der Waals surface area contributed by atoms with Crippen LogP contribution < -0.4 is 0 Å². The molecule has 1 aromatic rings. The molecule has 0 amide bonds. The summed E-state index contributed by atoms with van der Waals surface area (Å²) in [4.78, 5) is 12.3. The van der Waals surface area contributed by atoms with Crippen molar-refractivity contribution in [3.05, 3.63) is 29.8 Å². The number of carbonyl (C=O) groups is 1. The number of carboxylic acids is 1. The van der Waals surface area contributed by atoms with Gasteiger partial charge in [0, 0.05) is 4.90 Å². The van der Waals surface area contributed by atoms with Gasteiger partial charge in [0.05, 0.1) is 5.41 Å². The zero-order chi connectivity index (χ0) is 13.3. The number of hydrogen-bond acceptors (Lipinski definition) is 3. The lowest BCUT2D eigenvalue weighted by atomic mass is 9.72. The van der Waals surface area contributed by atoms with Gasteiger partial charge in [0.25, 0.3) is 0 Å². The molecule has 1 atom stereocenters. The van der Waals surface area contributed by atoms with Gasteiger partial charge in [0.15, 0.2) is 0 Å². The smallest absolute Gasteiger partial charge is 0.312 e. The maximum absolute atomic E-state index is 11.2. The summed E-state index contributed by atoms with van der Waals surface area (Å²) in [6, 6.07) is 7.31. The Balaban J connectivity index is 3.16. The summed E-state index contributed by atoms with van der Waals surface area (Å²) in [7, 11) is 0. The molecule has 0 spiro atoms. The molecule has 4 heteroatoms. The van der Waals surface area contributed by atoms with E-state index in [4.69, 9.17) is 0 Å². The minimum Gasteiger partial charge on any atom is -0.481 e. The number of thioether (sulfide) groups is 1. The molecular weight excluding hydrogens is 236 g/mol. The van der Waals surface area contributed by atoms with Crippen LogP contribution in [0.25, 0.3) is 0 Å². The highest BCUT2D eigenvalue weighted by atomic mass is 32.2. The second-order valence-electron chi connectivity index (χ2n) is 4.73. The SMILES string of the molecule is CSc1ccc(C(C)(O)C(C)(C)C(=O)O)cc1.